The summed E-state index contributed by atoms with van der Waals surface area (Å²) in [5.74, 6) is 0.987. The zero-order valence-electron chi connectivity index (χ0n) is 14.6. The number of pyridine rings is 1. The number of carbonyl (C=O) groups excluding carboxylic acids is 1. The summed E-state index contributed by atoms with van der Waals surface area (Å²) in [6.45, 7) is 3.58. The molecule has 1 aromatic heterocycles. The molecule has 5 nitrogen and oxygen atoms in total. The second-order valence-electron chi connectivity index (χ2n) is 6.61. The minimum absolute atomic E-state index is 0.0144. The Morgan fingerprint density at radius 1 is 1.24 bits per heavy atom. The van der Waals surface area contributed by atoms with Crippen LogP contribution in [0, 0.1) is 12.8 Å². The first-order chi connectivity index (χ1) is 12.2. The topological polar surface area (TPSA) is 65.5 Å². The number of aliphatic hydroxyl groups excluding tert-OH is 1. The molecule has 1 fully saturated rings. The van der Waals surface area contributed by atoms with Gasteiger partial charge in [0.25, 0.3) is 0 Å². The molecule has 1 aliphatic rings. The van der Waals surface area contributed by atoms with Crippen molar-refractivity contribution in [2.24, 2.45) is 5.92 Å². The lowest BCUT2D eigenvalue weighted by atomic mass is 9.95. The van der Waals surface area contributed by atoms with E-state index in [1.54, 1.807) is 0 Å². The van der Waals surface area contributed by atoms with Crippen molar-refractivity contribution in [1.82, 2.24) is 10.3 Å². The number of aryl methyl sites for hydroxylation is 1. The number of amides is 1. The molecule has 2 aromatic rings. The number of hydrogen-bond donors (Lipinski definition) is 2. The summed E-state index contributed by atoms with van der Waals surface area (Å²) in [6.07, 6.45) is 3.47. The van der Waals surface area contributed by atoms with Crippen LogP contribution in [0.25, 0.3) is 0 Å². The van der Waals surface area contributed by atoms with Gasteiger partial charge in [0.1, 0.15) is 5.82 Å². The fourth-order valence-corrected chi connectivity index (χ4v) is 3.23. The van der Waals surface area contributed by atoms with Crippen molar-refractivity contribution in [3.8, 4) is 0 Å². The molecule has 0 bridgehead atoms. The lowest BCUT2D eigenvalue weighted by Crippen LogP contribution is -2.42. The third-order valence-corrected chi connectivity index (χ3v) is 4.79. The van der Waals surface area contributed by atoms with Crippen LogP contribution in [0.1, 0.15) is 30.0 Å². The van der Waals surface area contributed by atoms with Gasteiger partial charge in [-0.1, -0.05) is 36.4 Å². The number of anilines is 1. The average molecular weight is 339 g/mol. The molecular weight excluding hydrogens is 314 g/mol. The smallest absolute Gasteiger partial charge is 0.223 e. The molecule has 1 aliphatic heterocycles. The maximum Gasteiger partial charge on any atom is 0.223 e. The Morgan fingerprint density at radius 3 is 2.56 bits per heavy atom. The lowest BCUT2D eigenvalue weighted by molar-refractivity contribution is -0.126. The number of aromatic nitrogens is 1. The van der Waals surface area contributed by atoms with E-state index in [-0.39, 0.29) is 24.5 Å². The summed E-state index contributed by atoms with van der Waals surface area (Å²) in [6, 6.07) is 13.4. The van der Waals surface area contributed by atoms with Crippen LogP contribution in [-0.2, 0) is 4.79 Å². The average Bonchev–Trinajstić information content (AvgIpc) is 2.67. The van der Waals surface area contributed by atoms with E-state index in [4.69, 9.17) is 0 Å². The highest BCUT2D eigenvalue weighted by Gasteiger charge is 2.27. The minimum Gasteiger partial charge on any atom is -0.394 e. The molecule has 2 heterocycles. The van der Waals surface area contributed by atoms with Crippen LogP contribution in [0.15, 0.2) is 48.7 Å². The number of aliphatic hydroxyl groups is 1. The van der Waals surface area contributed by atoms with Crippen molar-refractivity contribution >= 4 is 11.7 Å². The molecule has 1 aromatic carbocycles. The Hall–Kier alpha value is -2.40. The molecule has 2 N–H and O–H groups in total. The quantitative estimate of drug-likeness (QED) is 0.878. The van der Waals surface area contributed by atoms with Gasteiger partial charge < -0.3 is 15.3 Å². The SMILES string of the molecule is Cc1ccc(N2CCC(C(=O)N[C@H](CO)c3ccccc3)CC2)nc1. The molecule has 1 atom stereocenters. The van der Waals surface area contributed by atoms with Gasteiger partial charge in [0.15, 0.2) is 0 Å². The van der Waals surface area contributed by atoms with E-state index in [1.165, 1.54) is 0 Å². The summed E-state index contributed by atoms with van der Waals surface area (Å²) < 4.78 is 0. The number of benzene rings is 1. The Labute approximate surface area is 148 Å². The third-order valence-electron chi connectivity index (χ3n) is 4.79. The molecule has 0 saturated carbocycles. The van der Waals surface area contributed by atoms with Crippen molar-refractivity contribution in [2.75, 3.05) is 24.6 Å². The maximum absolute atomic E-state index is 12.6. The first-order valence-electron chi connectivity index (χ1n) is 8.81. The molecule has 3 rings (SSSR count). The number of carbonyl (C=O) groups is 1. The fourth-order valence-electron chi connectivity index (χ4n) is 3.23. The predicted octanol–water partition coefficient (Wildman–Crippen LogP) is 2.46. The third kappa shape index (κ3) is 4.37. The molecule has 132 valence electrons. The zero-order chi connectivity index (χ0) is 17.6. The largest absolute Gasteiger partial charge is 0.394 e. The lowest BCUT2D eigenvalue weighted by Gasteiger charge is -2.32. The van der Waals surface area contributed by atoms with Gasteiger partial charge in [0.05, 0.1) is 12.6 Å². The standard InChI is InChI=1S/C20H25N3O2/c1-15-7-8-19(21-13-15)23-11-9-17(10-12-23)20(25)22-18(14-24)16-5-3-2-4-6-16/h2-8,13,17-18,24H,9-12,14H2,1H3,(H,22,25)/t18-/m1/s1. The molecular formula is C20H25N3O2. The first kappa shape index (κ1) is 17.4. The first-order valence-corrected chi connectivity index (χ1v) is 8.81. The molecule has 0 radical (unpaired) electrons. The molecule has 0 unspecified atom stereocenters. The molecule has 25 heavy (non-hydrogen) atoms. The van der Waals surface area contributed by atoms with Crippen molar-refractivity contribution < 1.29 is 9.90 Å². The van der Waals surface area contributed by atoms with Crippen LogP contribution in [0.4, 0.5) is 5.82 Å². The summed E-state index contributed by atoms with van der Waals surface area (Å²) in [4.78, 5) is 19.3. The van der Waals surface area contributed by atoms with Crippen molar-refractivity contribution in [2.45, 2.75) is 25.8 Å². The van der Waals surface area contributed by atoms with E-state index < -0.39 is 0 Å². The van der Waals surface area contributed by atoms with Crippen LogP contribution in [0.5, 0.6) is 0 Å². The highest BCUT2D eigenvalue weighted by Crippen LogP contribution is 2.23. The Bertz CT molecular complexity index is 680. The molecule has 1 saturated heterocycles. The summed E-state index contributed by atoms with van der Waals surface area (Å²) in [5, 5.41) is 12.6. The summed E-state index contributed by atoms with van der Waals surface area (Å²) >= 11 is 0. The van der Waals surface area contributed by atoms with E-state index in [1.807, 2.05) is 49.5 Å². The summed E-state index contributed by atoms with van der Waals surface area (Å²) in [7, 11) is 0. The van der Waals surface area contributed by atoms with Gasteiger partial charge in [-0.15, -0.1) is 0 Å². The van der Waals surface area contributed by atoms with Crippen LogP contribution < -0.4 is 10.2 Å². The number of nitrogens with one attached hydrogen (secondary N) is 1. The van der Waals surface area contributed by atoms with Crippen LogP contribution in [-0.4, -0.2) is 35.7 Å². The number of hydrogen-bond acceptors (Lipinski definition) is 4. The predicted molar refractivity (Wildman–Crippen MR) is 98.3 cm³/mol. The van der Waals surface area contributed by atoms with Gasteiger partial charge in [-0.2, -0.15) is 0 Å². The molecule has 0 aliphatic carbocycles. The Morgan fingerprint density at radius 2 is 1.96 bits per heavy atom. The van der Waals surface area contributed by atoms with Crippen molar-refractivity contribution in [3.63, 3.8) is 0 Å². The minimum atomic E-state index is -0.342. The van der Waals surface area contributed by atoms with E-state index in [0.29, 0.717) is 0 Å². The van der Waals surface area contributed by atoms with Crippen LogP contribution in [0.3, 0.4) is 0 Å². The van der Waals surface area contributed by atoms with Crippen LogP contribution >= 0.6 is 0 Å². The van der Waals surface area contributed by atoms with Gasteiger partial charge in [-0.3, -0.25) is 4.79 Å². The van der Waals surface area contributed by atoms with E-state index in [0.717, 1.165) is 42.9 Å². The zero-order valence-corrected chi connectivity index (χ0v) is 14.6. The molecule has 1 amide bonds. The Balaban J connectivity index is 1.55. The van der Waals surface area contributed by atoms with Gasteiger partial charge in [0, 0.05) is 25.2 Å². The van der Waals surface area contributed by atoms with Gasteiger partial charge in [-0.05, 0) is 37.0 Å². The number of piperidine rings is 1. The van der Waals surface area contributed by atoms with Gasteiger partial charge >= 0.3 is 0 Å². The highest BCUT2D eigenvalue weighted by molar-refractivity contribution is 5.79. The van der Waals surface area contributed by atoms with Gasteiger partial charge in [0.2, 0.25) is 5.91 Å². The second-order valence-corrected chi connectivity index (χ2v) is 6.61. The summed E-state index contributed by atoms with van der Waals surface area (Å²) in [5.41, 5.74) is 2.08. The molecule has 0 spiro atoms. The normalized spacial score (nSPS) is 16.5. The highest BCUT2D eigenvalue weighted by atomic mass is 16.3. The monoisotopic (exact) mass is 339 g/mol. The van der Waals surface area contributed by atoms with Crippen molar-refractivity contribution in [3.05, 3.63) is 59.8 Å². The van der Waals surface area contributed by atoms with Gasteiger partial charge in [-0.25, -0.2) is 4.98 Å². The second kappa shape index (κ2) is 8.12. The van der Waals surface area contributed by atoms with Crippen LogP contribution in [0.2, 0.25) is 0 Å². The molecule has 5 heteroatoms. The Kier molecular flexibility index (Phi) is 5.66. The van der Waals surface area contributed by atoms with E-state index in [2.05, 4.69) is 21.3 Å². The maximum atomic E-state index is 12.6. The van der Waals surface area contributed by atoms with E-state index in [9.17, 15) is 9.90 Å². The number of rotatable bonds is 5. The number of nitrogens with zero attached hydrogens (tertiary/aromatic N) is 2. The van der Waals surface area contributed by atoms with E-state index >= 15 is 0 Å². The fraction of sp³-hybridized carbons (Fsp3) is 0.400. The van der Waals surface area contributed by atoms with Crippen molar-refractivity contribution in [1.29, 1.82) is 0 Å².